The molecule has 11 heteroatoms. The van der Waals surface area contributed by atoms with Crippen molar-refractivity contribution in [2.24, 2.45) is 0 Å². The first-order valence-corrected chi connectivity index (χ1v) is 20.9. The zero-order valence-electron chi connectivity index (χ0n) is 35.6. The Morgan fingerprint density at radius 2 is 0.812 bits per heavy atom. The fourth-order valence-electron chi connectivity index (χ4n) is 8.05. The van der Waals surface area contributed by atoms with Crippen molar-refractivity contribution in [1.82, 2.24) is 25.3 Å². The molecule has 64 heavy (non-hydrogen) atoms. The number of methoxy groups -OCH3 is 3. The Labute approximate surface area is 381 Å². The van der Waals surface area contributed by atoms with Gasteiger partial charge in [0.1, 0.15) is 17.2 Å². The van der Waals surface area contributed by atoms with Gasteiger partial charge in [-0.2, -0.15) is 0 Å². The Hall–Kier alpha value is -7.18. The van der Waals surface area contributed by atoms with Crippen LogP contribution in [-0.2, 0) is 16.8 Å². The van der Waals surface area contributed by atoms with E-state index in [2.05, 4.69) is 5.32 Å². The standard InChI is InChI=1S/C53H46N5O5.Co/c1-61-38-17-11-34(12-18-38)50-43-25-23-41(55-43)49(33-7-9-37(10-8-33)53(60)54-31-5-4-6-32-59)42-24-26-44(56-42)51(35-13-19-39(62-2)20-14-35)46-28-30-48(58-46)52(47-29-27-45(50)57-47)36-15-21-40(63-3)22-16-36;/h7-30,59H,4-6,31-32H2,1-3H3,(H2-,54,55,56,57,58,60);/q-1;+2/p-1. The van der Waals surface area contributed by atoms with E-state index in [0.29, 0.717) is 23.3 Å². The number of aliphatic hydroxyl groups excluding tert-OH is 1. The maximum Gasteiger partial charge on any atom is 2.00 e. The van der Waals surface area contributed by atoms with E-state index in [1.54, 1.807) is 21.3 Å². The van der Waals surface area contributed by atoms with Crippen LogP contribution in [0.15, 0.2) is 121 Å². The van der Waals surface area contributed by atoms with Gasteiger partial charge in [-0.15, -0.1) is 22.1 Å². The molecule has 2 aliphatic heterocycles. The maximum atomic E-state index is 13.2. The second-order valence-electron chi connectivity index (χ2n) is 15.2. The summed E-state index contributed by atoms with van der Waals surface area (Å²) >= 11 is 0. The van der Waals surface area contributed by atoms with Crippen molar-refractivity contribution < 1.29 is 40.9 Å². The van der Waals surface area contributed by atoms with Crippen LogP contribution in [0.1, 0.15) is 52.4 Å². The number of aromatic nitrogens is 4. The molecule has 0 atom stereocenters. The van der Waals surface area contributed by atoms with E-state index >= 15 is 0 Å². The first-order valence-electron chi connectivity index (χ1n) is 20.9. The van der Waals surface area contributed by atoms with Gasteiger partial charge in [0, 0.05) is 18.7 Å². The molecule has 9 rings (SSSR count). The van der Waals surface area contributed by atoms with Crippen LogP contribution in [0, 0.1) is 0 Å². The average Bonchev–Trinajstić information content (AvgIpc) is 4.18. The Bertz CT molecular complexity index is 2980. The molecule has 0 aliphatic carbocycles. The number of fused-ring (bicyclic) bond motifs is 8. The second kappa shape index (κ2) is 19.5. The molecule has 3 aromatic heterocycles. The van der Waals surface area contributed by atoms with E-state index in [-0.39, 0.29) is 29.3 Å². The van der Waals surface area contributed by atoms with E-state index in [4.69, 9.17) is 39.3 Å². The molecule has 0 saturated carbocycles. The zero-order valence-corrected chi connectivity index (χ0v) is 36.6. The third-order valence-electron chi connectivity index (χ3n) is 11.3. The van der Waals surface area contributed by atoms with Crippen molar-refractivity contribution in [3.63, 3.8) is 0 Å². The minimum Gasteiger partial charge on any atom is -0.657 e. The molecule has 8 bridgehead atoms. The molecule has 7 aromatic rings. The summed E-state index contributed by atoms with van der Waals surface area (Å²) in [6.07, 6.45) is 10.5. The molecule has 0 spiro atoms. The van der Waals surface area contributed by atoms with Crippen molar-refractivity contribution in [2.45, 2.75) is 19.3 Å². The molecule has 321 valence electrons. The van der Waals surface area contributed by atoms with E-state index in [0.717, 1.165) is 115 Å². The predicted molar refractivity (Wildman–Crippen MR) is 251 cm³/mol. The number of nitrogens with zero attached hydrogens (tertiary/aromatic N) is 4. The normalized spacial score (nSPS) is 11.6. The van der Waals surface area contributed by atoms with Crippen molar-refractivity contribution >= 4 is 52.3 Å². The van der Waals surface area contributed by atoms with Crippen molar-refractivity contribution in [2.75, 3.05) is 34.5 Å². The molecular weight excluding hydrogens is 846 g/mol. The van der Waals surface area contributed by atoms with Crippen molar-refractivity contribution in [1.29, 1.82) is 0 Å². The van der Waals surface area contributed by atoms with Crippen LogP contribution in [0.3, 0.4) is 0 Å². The molecular formula is C53H45CoN5O5. The first-order chi connectivity index (χ1) is 30.9. The van der Waals surface area contributed by atoms with E-state index in [9.17, 15) is 4.79 Å². The van der Waals surface area contributed by atoms with Gasteiger partial charge in [-0.25, -0.2) is 9.97 Å². The summed E-state index contributed by atoms with van der Waals surface area (Å²) in [6.45, 7) is 0.690. The Kier molecular flexibility index (Phi) is 13.2. The van der Waals surface area contributed by atoms with Gasteiger partial charge in [-0.05, 0) is 137 Å². The Morgan fingerprint density at radius 1 is 0.484 bits per heavy atom. The van der Waals surface area contributed by atoms with Crippen LogP contribution in [0.4, 0.5) is 0 Å². The van der Waals surface area contributed by atoms with Gasteiger partial charge in [-0.3, -0.25) is 4.79 Å². The van der Waals surface area contributed by atoms with E-state index < -0.39 is 0 Å². The summed E-state index contributed by atoms with van der Waals surface area (Å²) in [4.78, 5) is 34.6. The van der Waals surface area contributed by atoms with Crippen LogP contribution in [0.2, 0.25) is 0 Å². The van der Waals surface area contributed by atoms with Gasteiger partial charge in [-0.1, -0.05) is 72.8 Å². The smallest absolute Gasteiger partial charge is 0.657 e. The molecule has 2 N–H and O–H groups in total. The van der Waals surface area contributed by atoms with E-state index in [1.165, 1.54) is 0 Å². The summed E-state index contributed by atoms with van der Waals surface area (Å²) < 4.78 is 16.6. The summed E-state index contributed by atoms with van der Waals surface area (Å²) in [7, 11) is 4.97. The summed E-state index contributed by atoms with van der Waals surface area (Å²) in [5, 5.41) is 12.1. The van der Waals surface area contributed by atoms with E-state index in [1.807, 2.05) is 146 Å². The molecule has 1 radical (unpaired) electrons. The van der Waals surface area contributed by atoms with Gasteiger partial charge in [0.05, 0.1) is 44.1 Å². The maximum absolute atomic E-state index is 13.2. The van der Waals surface area contributed by atoms with Crippen LogP contribution >= 0.6 is 0 Å². The van der Waals surface area contributed by atoms with Crippen molar-refractivity contribution in [3.8, 4) is 61.8 Å². The molecule has 0 unspecified atom stereocenters. The summed E-state index contributed by atoms with van der Waals surface area (Å²) in [5.74, 6) is 2.09. The fraction of sp³-hybridized carbons (Fsp3) is 0.151. The Balaban J connectivity index is 0.00000560. The average molecular weight is 891 g/mol. The largest absolute Gasteiger partial charge is 2.00 e. The van der Waals surface area contributed by atoms with Gasteiger partial charge in [0.2, 0.25) is 0 Å². The number of carbonyl (C=O) groups is 1. The monoisotopic (exact) mass is 890 g/mol. The first kappa shape index (κ1) is 43.5. The quantitative estimate of drug-likeness (QED) is 0.109. The number of unbranched alkanes of at least 4 members (excludes halogenated alkanes) is 2. The van der Waals surface area contributed by atoms with Gasteiger partial charge >= 0.3 is 16.8 Å². The molecule has 4 aromatic carbocycles. The number of hydrogen-bond donors (Lipinski definition) is 2. The van der Waals surface area contributed by atoms with Crippen molar-refractivity contribution in [3.05, 3.63) is 150 Å². The van der Waals surface area contributed by atoms with Gasteiger partial charge in [0.15, 0.2) is 0 Å². The number of ether oxygens (including phenoxy) is 3. The molecule has 1 amide bonds. The number of carbonyl (C=O) groups excluding carboxylic acids is 1. The SMILES string of the molecule is COc1ccc(-c2c3nc(c(-c4ccc(OC)cc4)c4ccc([n-]4)c(-c4ccc(C(=O)NCCCCCO)cc4)c4nc(c(-c5ccc(OC)cc5)c5ccc2[n-]5)C=C4)C=C3)cc1.[Co+2]. The number of amides is 1. The van der Waals surface area contributed by atoms with Gasteiger partial charge < -0.3 is 34.6 Å². The molecule has 0 fully saturated rings. The molecule has 5 heterocycles. The molecule has 2 aliphatic rings. The zero-order chi connectivity index (χ0) is 43.3. The number of nitrogens with one attached hydrogen (secondary N) is 1. The van der Waals surface area contributed by atoms with Crippen LogP contribution in [-0.4, -0.2) is 55.5 Å². The van der Waals surface area contributed by atoms with Gasteiger partial charge in [0.25, 0.3) is 5.91 Å². The topological polar surface area (TPSA) is 131 Å². The Morgan fingerprint density at radius 3 is 1.12 bits per heavy atom. The third kappa shape index (κ3) is 8.87. The summed E-state index contributed by atoms with van der Waals surface area (Å²) in [5.41, 5.74) is 13.5. The van der Waals surface area contributed by atoms with Crippen LogP contribution < -0.4 is 29.5 Å². The number of benzene rings is 4. The summed E-state index contributed by atoms with van der Waals surface area (Å²) in [6, 6.07) is 39.5. The second-order valence-corrected chi connectivity index (χ2v) is 15.2. The number of aliphatic hydroxyl groups is 1. The van der Waals surface area contributed by atoms with Crippen LogP contribution in [0.25, 0.3) is 90.9 Å². The fourth-order valence-corrected chi connectivity index (χ4v) is 8.05. The minimum atomic E-state index is -0.149. The third-order valence-corrected chi connectivity index (χ3v) is 11.3. The molecule has 10 nitrogen and oxygen atoms in total. The number of rotatable bonds is 13. The predicted octanol–water partition coefficient (Wildman–Crippen LogP) is 10.5. The molecule has 0 saturated heterocycles. The minimum absolute atomic E-state index is 0. The number of hydrogen-bond acceptors (Lipinski definition) is 7. The van der Waals surface area contributed by atoms with Crippen LogP contribution in [0.5, 0.6) is 17.2 Å².